The number of thiocarbonyl (C=S) groups is 1. The molecule has 2 amide bonds. The first kappa shape index (κ1) is 26.4. The molecule has 0 aromatic heterocycles. The van der Waals surface area contributed by atoms with E-state index in [1.165, 1.54) is 0 Å². The van der Waals surface area contributed by atoms with Crippen molar-refractivity contribution in [2.75, 3.05) is 11.9 Å². The van der Waals surface area contributed by atoms with Crippen LogP contribution in [-0.4, -0.2) is 29.1 Å². The van der Waals surface area contributed by atoms with Crippen molar-refractivity contribution in [3.8, 4) is 5.75 Å². The van der Waals surface area contributed by atoms with Gasteiger partial charge in [0.1, 0.15) is 5.75 Å². The van der Waals surface area contributed by atoms with Crippen LogP contribution in [0, 0.1) is 0 Å². The van der Waals surface area contributed by atoms with Crippen LogP contribution in [0.25, 0.3) is 0 Å². The van der Waals surface area contributed by atoms with Gasteiger partial charge in [0.05, 0.1) is 23.4 Å². The molecule has 0 saturated heterocycles. The van der Waals surface area contributed by atoms with Crippen LogP contribution in [0.5, 0.6) is 5.75 Å². The van der Waals surface area contributed by atoms with Crippen LogP contribution in [0.15, 0.2) is 77.3 Å². The number of carbonyl (C=O) groups excluding carboxylic acids is 2. The molecule has 6 nitrogen and oxygen atoms in total. The number of carbonyl (C=O) groups is 2. The summed E-state index contributed by atoms with van der Waals surface area (Å²) >= 11 is 8.78. The van der Waals surface area contributed by atoms with Crippen LogP contribution in [0.1, 0.15) is 47.1 Å². The van der Waals surface area contributed by atoms with E-state index >= 15 is 0 Å². The topological polar surface area (TPSA) is 79.5 Å². The number of halogens is 1. The van der Waals surface area contributed by atoms with Gasteiger partial charge in [-0.15, -0.1) is 0 Å². The van der Waals surface area contributed by atoms with E-state index in [1.54, 1.807) is 36.4 Å². The number of nitrogens with one attached hydrogen (secondary N) is 3. The smallest absolute Gasteiger partial charge is 0.261 e. The maximum Gasteiger partial charge on any atom is 0.261 e. The van der Waals surface area contributed by atoms with Gasteiger partial charge in [-0.3, -0.25) is 14.9 Å². The first-order valence-corrected chi connectivity index (χ1v) is 12.3. The summed E-state index contributed by atoms with van der Waals surface area (Å²) in [6.07, 6.45) is 0.714. The zero-order chi connectivity index (χ0) is 25.4. The van der Waals surface area contributed by atoms with Crippen LogP contribution >= 0.6 is 28.1 Å². The molecular weight excluding hydrogens is 526 g/mol. The number of hydrogen-bond acceptors (Lipinski definition) is 4. The molecule has 3 aromatic carbocycles. The molecular formula is C27H28BrN3O3S. The van der Waals surface area contributed by atoms with Crippen molar-refractivity contribution in [3.63, 3.8) is 0 Å². The third kappa shape index (κ3) is 8.19. The number of rotatable bonds is 7. The number of ether oxygens (including phenoxy) is 1. The molecule has 182 valence electrons. The summed E-state index contributed by atoms with van der Waals surface area (Å²) in [6, 6.07) is 22.2. The number of anilines is 1. The average molecular weight is 555 g/mol. The Hall–Kier alpha value is -3.23. The van der Waals surface area contributed by atoms with Crippen molar-refractivity contribution in [2.45, 2.75) is 32.7 Å². The molecule has 3 N–H and O–H groups in total. The predicted molar refractivity (Wildman–Crippen MR) is 147 cm³/mol. The van der Waals surface area contributed by atoms with Gasteiger partial charge in [0.2, 0.25) is 0 Å². The van der Waals surface area contributed by atoms with Gasteiger partial charge in [0.15, 0.2) is 5.11 Å². The summed E-state index contributed by atoms with van der Waals surface area (Å²) in [4.78, 5) is 25.7. The highest BCUT2D eigenvalue weighted by atomic mass is 79.9. The zero-order valence-electron chi connectivity index (χ0n) is 19.9. The monoisotopic (exact) mass is 553 g/mol. The summed E-state index contributed by atoms with van der Waals surface area (Å²) in [6.45, 7) is 6.14. The van der Waals surface area contributed by atoms with Crippen molar-refractivity contribution in [1.29, 1.82) is 0 Å². The Kier molecular flexibility index (Phi) is 9.01. The maximum atomic E-state index is 13.0. The van der Waals surface area contributed by atoms with E-state index < -0.39 is 11.4 Å². The lowest BCUT2D eigenvalue weighted by Gasteiger charge is -2.22. The van der Waals surface area contributed by atoms with Crippen LogP contribution in [0.3, 0.4) is 0 Å². The Bertz CT molecular complexity index is 1210. The fourth-order valence-corrected chi connectivity index (χ4v) is 3.81. The van der Waals surface area contributed by atoms with Gasteiger partial charge in [-0.1, -0.05) is 58.4 Å². The molecule has 0 atom stereocenters. The van der Waals surface area contributed by atoms with Gasteiger partial charge in [0, 0.05) is 16.4 Å². The Morgan fingerprint density at radius 3 is 2.31 bits per heavy atom. The van der Waals surface area contributed by atoms with E-state index in [1.807, 2.05) is 57.2 Å². The quantitative estimate of drug-likeness (QED) is 0.326. The van der Waals surface area contributed by atoms with Crippen molar-refractivity contribution < 1.29 is 14.3 Å². The summed E-state index contributed by atoms with van der Waals surface area (Å²) in [5.74, 6) is -0.208. The van der Waals surface area contributed by atoms with Crippen LogP contribution in [-0.2, 0) is 6.42 Å². The molecule has 0 aliphatic rings. The maximum absolute atomic E-state index is 13.0. The molecule has 0 fully saturated rings. The minimum absolute atomic E-state index is 0.0706. The summed E-state index contributed by atoms with van der Waals surface area (Å²) in [7, 11) is 0. The first-order valence-electron chi connectivity index (χ1n) is 11.1. The molecule has 0 heterocycles. The summed E-state index contributed by atoms with van der Waals surface area (Å²) in [5, 5.41) is 8.65. The minimum Gasteiger partial charge on any atom is -0.492 e. The second-order valence-electron chi connectivity index (χ2n) is 8.88. The van der Waals surface area contributed by atoms with E-state index in [0.717, 1.165) is 10.0 Å². The van der Waals surface area contributed by atoms with Gasteiger partial charge in [-0.05, 0) is 68.9 Å². The Labute approximate surface area is 219 Å². The van der Waals surface area contributed by atoms with Crippen molar-refractivity contribution in [1.82, 2.24) is 10.6 Å². The lowest BCUT2D eigenvalue weighted by atomic mass is 10.1. The Balaban J connectivity index is 1.67. The highest BCUT2D eigenvalue weighted by Gasteiger charge is 2.19. The fourth-order valence-electron chi connectivity index (χ4n) is 3.25. The molecule has 0 aliphatic carbocycles. The van der Waals surface area contributed by atoms with E-state index in [9.17, 15) is 9.59 Å². The predicted octanol–water partition coefficient (Wildman–Crippen LogP) is 5.73. The molecule has 3 rings (SSSR count). The van der Waals surface area contributed by atoms with E-state index in [4.69, 9.17) is 17.0 Å². The standard InChI is InChI=1S/C27H28BrN3O3S/c1-27(2,3)31-25(33)20-11-7-8-12-22(20)29-26(35)30-24(32)21-17-19(28)13-14-23(21)34-16-15-18-9-5-4-6-10-18/h4-14,17H,15-16H2,1-3H3,(H,31,33)(H2,29,30,32,35). The summed E-state index contributed by atoms with van der Waals surface area (Å²) < 4.78 is 6.65. The number of benzene rings is 3. The summed E-state index contributed by atoms with van der Waals surface area (Å²) in [5.41, 5.74) is 2.02. The molecule has 0 saturated carbocycles. The molecule has 0 aliphatic heterocycles. The van der Waals surface area contributed by atoms with Crippen LogP contribution in [0.2, 0.25) is 0 Å². The third-order valence-corrected chi connectivity index (χ3v) is 5.51. The Morgan fingerprint density at radius 1 is 0.914 bits per heavy atom. The highest BCUT2D eigenvalue weighted by molar-refractivity contribution is 9.10. The van der Waals surface area contributed by atoms with Gasteiger partial charge < -0.3 is 15.4 Å². The lowest BCUT2D eigenvalue weighted by Crippen LogP contribution is -2.41. The second kappa shape index (κ2) is 12.0. The van der Waals surface area contributed by atoms with Crippen LogP contribution < -0.4 is 20.7 Å². The second-order valence-corrected chi connectivity index (χ2v) is 10.2. The molecule has 35 heavy (non-hydrogen) atoms. The minimum atomic E-state index is -0.421. The number of amides is 2. The molecule has 0 spiro atoms. The lowest BCUT2D eigenvalue weighted by molar-refractivity contribution is 0.0919. The van der Waals surface area contributed by atoms with Crippen LogP contribution in [0.4, 0.5) is 5.69 Å². The fraction of sp³-hybridized carbons (Fsp3) is 0.222. The first-order chi connectivity index (χ1) is 16.6. The molecule has 0 unspecified atom stereocenters. The number of hydrogen-bond donors (Lipinski definition) is 3. The number of para-hydroxylation sites is 1. The zero-order valence-corrected chi connectivity index (χ0v) is 22.3. The van der Waals surface area contributed by atoms with Gasteiger partial charge in [0.25, 0.3) is 11.8 Å². The Morgan fingerprint density at radius 2 is 1.60 bits per heavy atom. The van der Waals surface area contributed by atoms with Crippen molar-refractivity contribution >= 4 is 50.8 Å². The van der Waals surface area contributed by atoms with Gasteiger partial charge in [-0.25, -0.2) is 0 Å². The molecule has 3 aromatic rings. The normalized spacial score (nSPS) is 10.9. The van der Waals surface area contributed by atoms with Gasteiger partial charge in [-0.2, -0.15) is 0 Å². The van der Waals surface area contributed by atoms with E-state index in [2.05, 4.69) is 31.9 Å². The van der Waals surface area contributed by atoms with Crippen molar-refractivity contribution in [3.05, 3.63) is 94.0 Å². The van der Waals surface area contributed by atoms with E-state index in [-0.39, 0.29) is 11.0 Å². The average Bonchev–Trinajstić information content (AvgIpc) is 2.79. The SMILES string of the molecule is CC(C)(C)NC(=O)c1ccccc1NC(=S)NC(=O)c1cc(Br)ccc1OCCc1ccccc1. The molecule has 8 heteroatoms. The van der Waals surface area contributed by atoms with E-state index in [0.29, 0.717) is 35.6 Å². The largest absolute Gasteiger partial charge is 0.492 e. The van der Waals surface area contributed by atoms with Gasteiger partial charge >= 0.3 is 0 Å². The highest BCUT2D eigenvalue weighted by Crippen LogP contribution is 2.24. The molecule has 0 bridgehead atoms. The third-order valence-electron chi connectivity index (χ3n) is 4.81. The molecule has 0 radical (unpaired) electrons. The van der Waals surface area contributed by atoms with Crippen molar-refractivity contribution in [2.24, 2.45) is 0 Å².